The third kappa shape index (κ3) is 3.17. The molecule has 3 nitrogen and oxygen atoms in total. The minimum absolute atomic E-state index is 0.0310. The number of thiocarbonyl (C=S) groups is 1. The van der Waals surface area contributed by atoms with E-state index in [1.807, 2.05) is 20.9 Å². The molecule has 0 spiro atoms. The van der Waals surface area contributed by atoms with Crippen molar-refractivity contribution in [1.29, 1.82) is 0 Å². The van der Waals surface area contributed by atoms with Gasteiger partial charge in [-0.15, -0.1) is 0 Å². The summed E-state index contributed by atoms with van der Waals surface area (Å²) < 4.78 is 0. The Hall–Kier alpha value is -0.640. The molecule has 0 aromatic carbocycles. The normalized spacial score (nSPS) is 16.3. The molecule has 0 aromatic heterocycles. The van der Waals surface area contributed by atoms with Crippen LogP contribution >= 0.6 is 12.2 Å². The number of carbonyl (C=O) groups is 1. The van der Waals surface area contributed by atoms with E-state index in [4.69, 9.17) is 18.0 Å². The fourth-order valence-corrected chi connectivity index (χ4v) is 1.86. The molecule has 16 heavy (non-hydrogen) atoms. The summed E-state index contributed by atoms with van der Waals surface area (Å²) in [5.41, 5.74) is 4.98. The molecule has 0 aromatic rings. The molecule has 0 radical (unpaired) electrons. The van der Waals surface area contributed by atoms with Crippen molar-refractivity contribution < 1.29 is 4.79 Å². The van der Waals surface area contributed by atoms with Crippen LogP contribution in [0.1, 0.15) is 47.0 Å². The van der Waals surface area contributed by atoms with Crippen LogP contribution in [0.4, 0.5) is 0 Å². The van der Waals surface area contributed by atoms with E-state index in [1.54, 1.807) is 4.90 Å². The van der Waals surface area contributed by atoms with Gasteiger partial charge in [-0.3, -0.25) is 4.79 Å². The minimum Gasteiger partial charge on any atom is -0.392 e. The standard InChI is InChI=1S/C12H24N2OS/c1-6-8-9(3)14(5)11(15)12(4,7-2)10(13)16/h9H,6-8H2,1-5H3,(H2,13,16). The summed E-state index contributed by atoms with van der Waals surface area (Å²) in [5.74, 6) is 0.0310. The summed E-state index contributed by atoms with van der Waals surface area (Å²) >= 11 is 5.01. The van der Waals surface area contributed by atoms with Crippen molar-refractivity contribution in [3.05, 3.63) is 0 Å². The molecule has 0 saturated heterocycles. The van der Waals surface area contributed by atoms with Gasteiger partial charge < -0.3 is 10.6 Å². The molecular formula is C12H24N2OS. The Morgan fingerprint density at radius 1 is 1.50 bits per heavy atom. The smallest absolute Gasteiger partial charge is 0.235 e. The van der Waals surface area contributed by atoms with E-state index in [1.165, 1.54) is 0 Å². The summed E-state index contributed by atoms with van der Waals surface area (Å²) in [6.07, 6.45) is 2.71. The van der Waals surface area contributed by atoms with Crippen LogP contribution in [0.5, 0.6) is 0 Å². The second kappa shape index (κ2) is 6.18. The third-order valence-corrected chi connectivity index (χ3v) is 3.86. The summed E-state index contributed by atoms with van der Waals surface area (Å²) in [6, 6.07) is 0.234. The molecule has 2 atom stereocenters. The Labute approximate surface area is 104 Å². The maximum Gasteiger partial charge on any atom is 0.235 e. The zero-order chi connectivity index (χ0) is 12.9. The Bertz CT molecular complexity index is 268. The van der Waals surface area contributed by atoms with Gasteiger partial charge in [0.2, 0.25) is 5.91 Å². The van der Waals surface area contributed by atoms with Gasteiger partial charge in [0.15, 0.2) is 0 Å². The first-order valence-corrected chi connectivity index (χ1v) is 6.29. The number of nitrogens with two attached hydrogens (primary N) is 1. The van der Waals surface area contributed by atoms with Gasteiger partial charge in [-0.1, -0.05) is 32.5 Å². The molecule has 0 saturated carbocycles. The molecule has 0 heterocycles. The lowest BCUT2D eigenvalue weighted by Gasteiger charge is -2.34. The summed E-state index contributed by atoms with van der Waals surface area (Å²) in [6.45, 7) is 7.93. The lowest BCUT2D eigenvalue weighted by molar-refractivity contribution is -0.138. The van der Waals surface area contributed by atoms with Crippen LogP contribution < -0.4 is 5.73 Å². The zero-order valence-corrected chi connectivity index (χ0v) is 11.9. The predicted molar refractivity (Wildman–Crippen MR) is 72.3 cm³/mol. The Morgan fingerprint density at radius 3 is 2.31 bits per heavy atom. The Morgan fingerprint density at radius 2 is 2.00 bits per heavy atom. The minimum atomic E-state index is -0.702. The van der Waals surface area contributed by atoms with Crippen LogP contribution in [0.25, 0.3) is 0 Å². The van der Waals surface area contributed by atoms with E-state index in [9.17, 15) is 4.79 Å². The van der Waals surface area contributed by atoms with Gasteiger partial charge in [-0.25, -0.2) is 0 Å². The Balaban J connectivity index is 4.82. The van der Waals surface area contributed by atoms with Crippen LogP contribution in [0.15, 0.2) is 0 Å². The van der Waals surface area contributed by atoms with E-state index >= 15 is 0 Å². The molecule has 0 rings (SSSR count). The van der Waals surface area contributed by atoms with E-state index in [-0.39, 0.29) is 16.9 Å². The van der Waals surface area contributed by atoms with E-state index in [2.05, 4.69) is 13.8 Å². The Kier molecular flexibility index (Phi) is 5.94. The number of nitrogens with zero attached hydrogens (tertiary/aromatic N) is 1. The van der Waals surface area contributed by atoms with Crippen LogP contribution in [0, 0.1) is 5.41 Å². The second-order valence-electron chi connectivity index (χ2n) is 4.60. The predicted octanol–water partition coefficient (Wildman–Crippen LogP) is 2.34. The topological polar surface area (TPSA) is 46.3 Å². The molecule has 94 valence electrons. The highest BCUT2D eigenvalue weighted by Gasteiger charge is 2.37. The highest BCUT2D eigenvalue weighted by molar-refractivity contribution is 7.80. The largest absolute Gasteiger partial charge is 0.392 e. The van der Waals surface area contributed by atoms with Crippen molar-refractivity contribution in [3.8, 4) is 0 Å². The SMILES string of the molecule is CCCC(C)N(C)C(=O)C(C)(CC)C(N)=S. The first kappa shape index (κ1) is 15.4. The first-order chi connectivity index (χ1) is 7.31. The molecular weight excluding hydrogens is 220 g/mol. The van der Waals surface area contributed by atoms with Crippen LogP contribution in [-0.4, -0.2) is 28.9 Å². The zero-order valence-electron chi connectivity index (χ0n) is 11.0. The number of rotatable bonds is 6. The highest BCUT2D eigenvalue weighted by atomic mass is 32.1. The molecule has 2 unspecified atom stereocenters. The second-order valence-corrected chi connectivity index (χ2v) is 5.04. The first-order valence-electron chi connectivity index (χ1n) is 5.88. The molecule has 0 bridgehead atoms. The van der Waals surface area contributed by atoms with Crippen molar-refractivity contribution in [3.63, 3.8) is 0 Å². The maximum absolute atomic E-state index is 12.3. The van der Waals surface area contributed by atoms with Crippen LogP contribution in [-0.2, 0) is 4.79 Å². The number of hydrogen-bond acceptors (Lipinski definition) is 2. The summed E-state index contributed by atoms with van der Waals surface area (Å²) in [4.78, 5) is 14.4. The average Bonchev–Trinajstić information content (AvgIpc) is 2.25. The molecule has 0 aliphatic carbocycles. The highest BCUT2D eigenvalue weighted by Crippen LogP contribution is 2.25. The van der Waals surface area contributed by atoms with Gasteiger partial charge in [-0.05, 0) is 26.7 Å². The maximum atomic E-state index is 12.3. The fraction of sp³-hybridized carbons (Fsp3) is 0.833. The number of amides is 1. The lowest BCUT2D eigenvalue weighted by atomic mass is 9.85. The van der Waals surface area contributed by atoms with E-state index in [0.717, 1.165) is 12.8 Å². The molecule has 0 fully saturated rings. The lowest BCUT2D eigenvalue weighted by Crippen LogP contribution is -2.49. The van der Waals surface area contributed by atoms with Crippen molar-refractivity contribution in [2.75, 3.05) is 7.05 Å². The van der Waals surface area contributed by atoms with Crippen molar-refractivity contribution >= 4 is 23.1 Å². The molecule has 0 aliphatic rings. The summed E-state index contributed by atoms with van der Waals surface area (Å²) in [5, 5.41) is 0. The van der Waals surface area contributed by atoms with Crippen LogP contribution in [0.2, 0.25) is 0 Å². The van der Waals surface area contributed by atoms with Crippen molar-refractivity contribution in [2.24, 2.45) is 11.1 Å². The monoisotopic (exact) mass is 244 g/mol. The van der Waals surface area contributed by atoms with Crippen molar-refractivity contribution in [1.82, 2.24) is 4.90 Å². The molecule has 4 heteroatoms. The van der Waals surface area contributed by atoms with Gasteiger partial charge >= 0.3 is 0 Å². The van der Waals surface area contributed by atoms with Gasteiger partial charge in [0.1, 0.15) is 0 Å². The average molecular weight is 244 g/mol. The van der Waals surface area contributed by atoms with Crippen LogP contribution in [0.3, 0.4) is 0 Å². The van der Waals surface area contributed by atoms with E-state index < -0.39 is 5.41 Å². The summed E-state index contributed by atoms with van der Waals surface area (Å²) in [7, 11) is 1.83. The number of carbonyl (C=O) groups excluding carboxylic acids is 1. The molecule has 0 aliphatic heterocycles. The fourth-order valence-electron chi connectivity index (χ4n) is 1.63. The van der Waals surface area contributed by atoms with Gasteiger partial charge in [0.05, 0.1) is 10.4 Å². The molecule has 2 N–H and O–H groups in total. The third-order valence-electron chi connectivity index (χ3n) is 3.41. The van der Waals surface area contributed by atoms with Gasteiger partial charge in [0, 0.05) is 13.1 Å². The van der Waals surface area contributed by atoms with E-state index in [0.29, 0.717) is 6.42 Å². The molecule has 1 amide bonds. The van der Waals surface area contributed by atoms with Gasteiger partial charge in [0.25, 0.3) is 0 Å². The quantitative estimate of drug-likeness (QED) is 0.729. The number of hydrogen-bond donors (Lipinski definition) is 1. The van der Waals surface area contributed by atoms with Gasteiger partial charge in [-0.2, -0.15) is 0 Å². The van der Waals surface area contributed by atoms with Crippen molar-refractivity contribution in [2.45, 2.75) is 53.0 Å².